The maximum atomic E-state index is 11.9. The Balaban J connectivity index is 0.00000242. The van der Waals surface area contributed by atoms with Crippen molar-refractivity contribution in [3.63, 3.8) is 0 Å². The number of anilines is 1. The lowest BCUT2D eigenvalue weighted by Crippen LogP contribution is -2.39. The number of primary sulfonamides is 1. The van der Waals surface area contributed by atoms with E-state index in [1.165, 1.54) is 0 Å². The molecule has 0 saturated carbocycles. The first-order chi connectivity index (χ1) is 9.92. The number of benzene rings is 1. The van der Waals surface area contributed by atoms with Gasteiger partial charge in [-0.2, -0.15) is 11.8 Å². The lowest BCUT2D eigenvalue weighted by atomic mass is 10.2. The molecule has 2 rings (SSSR count). The fourth-order valence-corrected chi connectivity index (χ4v) is 3.71. The van der Waals surface area contributed by atoms with Crippen LogP contribution in [0.2, 0.25) is 0 Å². The number of sulfonamides is 1. The van der Waals surface area contributed by atoms with Crippen LogP contribution in [0.15, 0.2) is 24.3 Å². The SMILES string of the molecule is Cl.NS(=O)(=O)Cc1ccc(NC(=O)CC2CSCCN2)cc1. The van der Waals surface area contributed by atoms with Gasteiger partial charge in [0, 0.05) is 36.2 Å². The third kappa shape index (κ3) is 6.97. The van der Waals surface area contributed by atoms with Crippen molar-refractivity contribution in [1.29, 1.82) is 0 Å². The van der Waals surface area contributed by atoms with E-state index >= 15 is 0 Å². The number of rotatable bonds is 5. The average molecular weight is 366 g/mol. The molecule has 0 aromatic heterocycles. The predicted molar refractivity (Wildman–Crippen MR) is 92.9 cm³/mol. The first-order valence-electron chi connectivity index (χ1n) is 6.63. The zero-order valence-corrected chi connectivity index (χ0v) is 14.4. The molecule has 4 N–H and O–H groups in total. The van der Waals surface area contributed by atoms with Crippen molar-refractivity contribution in [2.24, 2.45) is 5.14 Å². The Morgan fingerprint density at radius 3 is 2.59 bits per heavy atom. The minimum atomic E-state index is -3.53. The van der Waals surface area contributed by atoms with Crippen LogP contribution in [-0.2, 0) is 20.6 Å². The molecule has 0 bridgehead atoms. The van der Waals surface area contributed by atoms with Crippen molar-refractivity contribution in [3.05, 3.63) is 29.8 Å². The molecule has 1 aliphatic rings. The summed E-state index contributed by atoms with van der Waals surface area (Å²) >= 11 is 1.85. The molecule has 0 aliphatic carbocycles. The summed E-state index contributed by atoms with van der Waals surface area (Å²) in [6, 6.07) is 6.87. The van der Waals surface area contributed by atoms with E-state index in [9.17, 15) is 13.2 Å². The monoisotopic (exact) mass is 365 g/mol. The Kier molecular flexibility index (Phi) is 7.64. The number of nitrogens with one attached hydrogen (secondary N) is 2. The Bertz CT molecular complexity index is 587. The number of halogens is 1. The fourth-order valence-electron chi connectivity index (χ4n) is 2.10. The molecule has 1 aliphatic heterocycles. The van der Waals surface area contributed by atoms with Crippen molar-refractivity contribution >= 4 is 45.8 Å². The minimum absolute atomic E-state index is 0. The minimum Gasteiger partial charge on any atom is -0.326 e. The normalized spacial score (nSPS) is 18.3. The molecule has 0 spiro atoms. The van der Waals surface area contributed by atoms with Crippen molar-refractivity contribution < 1.29 is 13.2 Å². The standard InChI is InChI=1S/C13H19N3O3S2.ClH/c14-21(18,19)9-10-1-3-11(4-2-10)16-13(17)7-12-8-20-6-5-15-12;/h1-4,12,15H,5-9H2,(H,16,17)(H2,14,18,19);1H. The van der Waals surface area contributed by atoms with Crippen LogP contribution >= 0.6 is 24.2 Å². The lowest BCUT2D eigenvalue weighted by molar-refractivity contribution is -0.116. The van der Waals surface area contributed by atoms with Gasteiger partial charge in [-0.1, -0.05) is 12.1 Å². The maximum absolute atomic E-state index is 11.9. The van der Waals surface area contributed by atoms with Crippen LogP contribution in [0, 0.1) is 0 Å². The first kappa shape index (κ1) is 19.2. The van der Waals surface area contributed by atoms with Gasteiger partial charge in [-0.25, -0.2) is 13.6 Å². The second-order valence-corrected chi connectivity index (χ2v) is 7.75. The van der Waals surface area contributed by atoms with E-state index in [1.807, 2.05) is 11.8 Å². The van der Waals surface area contributed by atoms with Crippen LogP contribution < -0.4 is 15.8 Å². The number of thioether (sulfide) groups is 1. The van der Waals surface area contributed by atoms with Gasteiger partial charge < -0.3 is 10.6 Å². The van der Waals surface area contributed by atoms with Crippen LogP contribution in [0.4, 0.5) is 5.69 Å². The van der Waals surface area contributed by atoms with Crippen LogP contribution in [-0.4, -0.2) is 38.4 Å². The summed E-state index contributed by atoms with van der Waals surface area (Å²) in [4.78, 5) is 11.9. The summed E-state index contributed by atoms with van der Waals surface area (Å²) in [5, 5.41) is 11.1. The Morgan fingerprint density at radius 2 is 2.05 bits per heavy atom. The van der Waals surface area contributed by atoms with E-state index in [4.69, 9.17) is 5.14 Å². The number of nitrogens with two attached hydrogens (primary N) is 1. The van der Waals surface area contributed by atoms with Crippen molar-refractivity contribution in [3.8, 4) is 0 Å². The molecular formula is C13H20ClN3O3S2. The smallest absolute Gasteiger partial charge is 0.225 e. The Labute approximate surface area is 141 Å². The topological polar surface area (TPSA) is 101 Å². The average Bonchev–Trinajstić information content (AvgIpc) is 2.40. The highest BCUT2D eigenvalue weighted by Gasteiger charge is 2.16. The van der Waals surface area contributed by atoms with Gasteiger partial charge in [0.15, 0.2) is 0 Å². The largest absolute Gasteiger partial charge is 0.326 e. The summed E-state index contributed by atoms with van der Waals surface area (Å²) < 4.78 is 22.0. The van der Waals surface area contributed by atoms with Gasteiger partial charge in [0.25, 0.3) is 0 Å². The van der Waals surface area contributed by atoms with Gasteiger partial charge in [0.1, 0.15) is 0 Å². The molecule has 1 fully saturated rings. The van der Waals surface area contributed by atoms with Crippen LogP contribution in [0.25, 0.3) is 0 Å². The second-order valence-electron chi connectivity index (χ2n) is 4.98. The molecule has 1 unspecified atom stereocenters. The first-order valence-corrected chi connectivity index (χ1v) is 9.50. The number of carbonyl (C=O) groups excluding carboxylic acids is 1. The molecular weight excluding hydrogens is 346 g/mol. The molecule has 1 aromatic carbocycles. The lowest BCUT2D eigenvalue weighted by Gasteiger charge is -2.22. The number of carbonyl (C=O) groups is 1. The van der Waals surface area contributed by atoms with Crippen LogP contribution in [0.1, 0.15) is 12.0 Å². The Morgan fingerprint density at radius 1 is 1.36 bits per heavy atom. The maximum Gasteiger partial charge on any atom is 0.225 e. The summed E-state index contributed by atoms with van der Waals surface area (Å²) in [5.74, 6) is 1.78. The van der Waals surface area contributed by atoms with Crippen molar-refractivity contribution in [2.75, 3.05) is 23.4 Å². The van der Waals surface area contributed by atoms with E-state index in [0.29, 0.717) is 17.7 Å². The molecule has 1 atom stereocenters. The quantitative estimate of drug-likeness (QED) is 0.720. The van der Waals surface area contributed by atoms with E-state index in [0.717, 1.165) is 18.1 Å². The highest BCUT2D eigenvalue weighted by Crippen LogP contribution is 2.14. The van der Waals surface area contributed by atoms with Crippen LogP contribution in [0.3, 0.4) is 0 Å². The summed E-state index contributed by atoms with van der Waals surface area (Å²) in [5.41, 5.74) is 1.25. The third-order valence-corrected chi connectivity index (χ3v) is 4.90. The molecule has 9 heteroatoms. The highest BCUT2D eigenvalue weighted by atomic mass is 35.5. The third-order valence-electron chi connectivity index (χ3n) is 3.04. The predicted octanol–water partition coefficient (Wildman–Crippen LogP) is 0.930. The summed E-state index contributed by atoms with van der Waals surface area (Å²) in [7, 11) is -3.53. The van der Waals surface area contributed by atoms with E-state index in [1.54, 1.807) is 24.3 Å². The fraction of sp³-hybridized carbons (Fsp3) is 0.462. The van der Waals surface area contributed by atoms with Crippen molar-refractivity contribution in [2.45, 2.75) is 18.2 Å². The molecule has 1 amide bonds. The number of amides is 1. The van der Waals surface area contributed by atoms with Crippen LogP contribution in [0.5, 0.6) is 0 Å². The van der Waals surface area contributed by atoms with Gasteiger partial charge in [-0.15, -0.1) is 12.4 Å². The van der Waals surface area contributed by atoms with Crippen molar-refractivity contribution in [1.82, 2.24) is 5.32 Å². The summed E-state index contributed by atoms with van der Waals surface area (Å²) in [6.45, 7) is 0.935. The Hall–Kier alpha value is -0.800. The highest BCUT2D eigenvalue weighted by molar-refractivity contribution is 7.99. The molecule has 22 heavy (non-hydrogen) atoms. The molecule has 1 aromatic rings. The molecule has 1 saturated heterocycles. The second kappa shape index (κ2) is 8.73. The number of hydrogen-bond donors (Lipinski definition) is 3. The molecule has 1 heterocycles. The summed E-state index contributed by atoms with van der Waals surface area (Å²) in [6.07, 6.45) is 0.436. The van der Waals surface area contributed by atoms with Gasteiger partial charge in [0.05, 0.1) is 5.75 Å². The van der Waals surface area contributed by atoms with E-state index in [2.05, 4.69) is 10.6 Å². The molecule has 124 valence electrons. The molecule has 6 nitrogen and oxygen atoms in total. The van der Waals surface area contributed by atoms with E-state index < -0.39 is 10.0 Å². The van der Waals surface area contributed by atoms with Gasteiger partial charge in [-0.3, -0.25) is 4.79 Å². The van der Waals surface area contributed by atoms with E-state index in [-0.39, 0.29) is 30.1 Å². The van der Waals surface area contributed by atoms with Gasteiger partial charge >= 0.3 is 0 Å². The zero-order valence-electron chi connectivity index (χ0n) is 11.9. The number of hydrogen-bond acceptors (Lipinski definition) is 5. The van der Waals surface area contributed by atoms with Gasteiger partial charge in [0.2, 0.25) is 15.9 Å². The molecule has 0 radical (unpaired) electrons. The van der Waals surface area contributed by atoms with Gasteiger partial charge in [-0.05, 0) is 17.7 Å². The zero-order chi connectivity index (χ0) is 15.3.